The van der Waals surface area contributed by atoms with E-state index < -0.39 is 5.97 Å². The van der Waals surface area contributed by atoms with Gasteiger partial charge >= 0.3 is 5.97 Å². The van der Waals surface area contributed by atoms with Crippen LogP contribution in [0.5, 0.6) is 0 Å². The minimum Gasteiger partial charge on any atom is -0.481 e. The Hall–Kier alpha value is -2.14. The van der Waals surface area contributed by atoms with E-state index in [0.29, 0.717) is 10.7 Å². The highest BCUT2D eigenvalue weighted by Gasteiger charge is 2.13. The van der Waals surface area contributed by atoms with E-state index in [-0.39, 0.29) is 18.7 Å². The third-order valence-electron chi connectivity index (χ3n) is 2.86. The van der Waals surface area contributed by atoms with E-state index in [1.165, 1.54) is 0 Å². The Morgan fingerprint density at radius 1 is 1.40 bits per heavy atom. The molecule has 6 heteroatoms. The molecule has 2 aromatic rings. The quantitative estimate of drug-likeness (QED) is 0.908. The zero-order chi connectivity index (χ0) is 14.7. The van der Waals surface area contributed by atoms with Crippen molar-refractivity contribution in [1.29, 1.82) is 0 Å². The summed E-state index contributed by atoms with van der Waals surface area (Å²) in [7, 11) is 0. The third-order valence-corrected chi connectivity index (χ3v) is 3.16. The lowest BCUT2D eigenvalue weighted by molar-refractivity contribution is -0.138. The van der Waals surface area contributed by atoms with E-state index in [4.69, 9.17) is 16.7 Å². The van der Waals surface area contributed by atoms with Crippen LogP contribution in [0.15, 0.2) is 24.4 Å². The molecule has 1 aromatic carbocycles. The highest BCUT2D eigenvalue weighted by atomic mass is 35.5. The van der Waals surface area contributed by atoms with Crippen LogP contribution in [0, 0.1) is 6.92 Å². The Labute approximate surface area is 120 Å². The summed E-state index contributed by atoms with van der Waals surface area (Å²) in [6.07, 6.45) is 1.35. The Balaban J connectivity index is 2.34. The Kier molecular flexibility index (Phi) is 4.20. The molecule has 0 fully saturated rings. The fraction of sp³-hybridized carbons (Fsp3) is 0.214. The van der Waals surface area contributed by atoms with Gasteiger partial charge in [-0.25, -0.2) is 0 Å². The molecule has 1 heterocycles. The first kappa shape index (κ1) is 14.3. The smallest absolute Gasteiger partial charge is 0.303 e. The maximum Gasteiger partial charge on any atom is 0.303 e. The summed E-state index contributed by atoms with van der Waals surface area (Å²) < 4.78 is 0. The highest BCUT2D eigenvalue weighted by Crippen LogP contribution is 2.32. The number of pyridine rings is 1. The number of nitrogens with one attached hydrogen (secondary N) is 1. The number of nitrogens with zero attached hydrogens (tertiary/aromatic N) is 1. The van der Waals surface area contributed by atoms with Gasteiger partial charge in [0.15, 0.2) is 0 Å². The number of anilines is 1. The number of carboxylic acid groups (broad SMARTS) is 1. The fourth-order valence-electron chi connectivity index (χ4n) is 1.93. The first-order valence-corrected chi connectivity index (χ1v) is 6.42. The molecule has 0 aliphatic heterocycles. The average Bonchev–Trinajstić information content (AvgIpc) is 2.41. The van der Waals surface area contributed by atoms with Gasteiger partial charge in [0, 0.05) is 18.0 Å². The molecule has 0 bridgehead atoms. The second kappa shape index (κ2) is 5.88. The molecule has 0 saturated heterocycles. The van der Waals surface area contributed by atoms with Crippen LogP contribution in [-0.4, -0.2) is 22.0 Å². The van der Waals surface area contributed by atoms with Crippen molar-refractivity contribution in [2.24, 2.45) is 0 Å². The van der Waals surface area contributed by atoms with E-state index in [9.17, 15) is 9.59 Å². The van der Waals surface area contributed by atoms with Gasteiger partial charge in [-0.3, -0.25) is 14.6 Å². The van der Waals surface area contributed by atoms with Crippen molar-refractivity contribution in [3.8, 4) is 0 Å². The maximum atomic E-state index is 11.7. The van der Waals surface area contributed by atoms with Gasteiger partial charge in [-0.2, -0.15) is 0 Å². The lowest BCUT2D eigenvalue weighted by Gasteiger charge is -2.12. The molecule has 0 aliphatic rings. The van der Waals surface area contributed by atoms with Crippen molar-refractivity contribution < 1.29 is 14.7 Å². The van der Waals surface area contributed by atoms with Gasteiger partial charge in [0.25, 0.3) is 0 Å². The first-order chi connectivity index (χ1) is 9.49. The van der Waals surface area contributed by atoms with Gasteiger partial charge in [-0.15, -0.1) is 0 Å². The highest BCUT2D eigenvalue weighted by molar-refractivity contribution is 6.35. The van der Waals surface area contributed by atoms with Crippen LogP contribution in [0.3, 0.4) is 0 Å². The summed E-state index contributed by atoms with van der Waals surface area (Å²) in [5, 5.41) is 12.4. The molecule has 1 amide bonds. The molecule has 20 heavy (non-hydrogen) atoms. The normalized spacial score (nSPS) is 10.5. The molecule has 104 valence electrons. The summed E-state index contributed by atoms with van der Waals surface area (Å²) >= 11 is 6.16. The number of rotatable bonds is 4. The molecule has 0 aliphatic carbocycles. The average molecular weight is 293 g/mol. The molecule has 0 saturated carbocycles. The van der Waals surface area contributed by atoms with Crippen LogP contribution in [-0.2, 0) is 9.59 Å². The molecule has 2 N–H and O–H groups in total. The number of aliphatic carboxylic acids is 1. The van der Waals surface area contributed by atoms with Crippen LogP contribution >= 0.6 is 11.6 Å². The minimum absolute atomic E-state index is 0.0959. The number of aryl methyl sites for hydroxylation is 1. The van der Waals surface area contributed by atoms with E-state index in [0.717, 1.165) is 16.5 Å². The van der Waals surface area contributed by atoms with Crippen LogP contribution in [0.1, 0.15) is 18.4 Å². The van der Waals surface area contributed by atoms with Crippen molar-refractivity contribution in [3.63, 3.8) is 0 Å². The lowest BCUT2D eigenvalue weighted by Crippen LogP contribution is -2.14. The second-order valence-electron chi connectivity index (χ2n) is 4.39. The van der Waals surface area contributed by atoms with Gasteiger partial charge in [0.05, 0.1) is 22.6 Å². The van der Waals surface area contributed by atoms with Crippen molar-refractivity contribution in [1.82, 2.24) is 4.98 Å². The standard InChI is InChI=1S/C14H13ClN2O3/c1-8-7-10(15)14(9-3-2-6-16-13(8)9)17-11(18)4-5-12(19)20/h2-3,6-7H,4-5H2,1H3,(H,17,18)(H,19,20). The van der Waals surface area contributed by atoms with Gasteiger partial charge < -0.3 is 10.4 Å². The summed E-state index contributed by atoms with van der Waals surface area (Å²) in [5.74, 6) is -1.40. The van der Waals surface area contributed by atoms with E-state index >= 15 is 0 Å². The molecule has 0 radical (unpaired) electrons. The van der Waals surface area contributed by atoms with Crippen LogP contribution in [0.2, 0.25) is 5.02 Å². The first-order valence-electron chi connectivity index (χ1n) is 6.04. The van der Waals surface area contributed by atoms with Crippen molar-refractivity contribution in [3.05, 3.63) is 35.0 Å². The van der Waals surface area contributed by atoms with Crippen LogP contribution in [0.25, 0.3) is 10.9 Å². The molecular weight excluding hydrogens is 280 g/mol. The molecule has 0 unspecified atom stereocenters. The molecule has 2 rings (SSSR count). The number of carbonyl (C=O) groups excluding carboxylic acids is 1. The summed E-state index contributed by atoms with van der Waals surface area (Å²) in [6.45, 7) is 1.89. The maximum absolute atomic E-state index is 11.7. The Morgan fingerprint density at radius 2 is 2.15 bits per heavy atom. The van der Waals surface area contributed by atoms with E-state index in [2.05, 4.69) is 10.3 Å². The fourth-order valence-corrected chi connectivity index (χ4v) is 2.24. The van der Waals surface area contributed by atoms with Gasteiger partial charge in [-0.1, -0.05) is 11.6 Å². The Morgan fingerprint density at radius 3 is 2.85 bits per heavy atom. The number of aromatic nitrogens is 1. The van der Waals surface area contributed by atoms with E-state index in [1.54, 1.807) is 18.3 Å². The molecule has 0 atom stereocenters. The minimum atomic E-state index is -1.01. The number of hydrogen-bond acceptors (Lipinski definition) is 3. The largest absolute Gasteiger partial charge is 0.481 e. The monoisotopic (exact) mass is 292 g/mol. The predicted octanol–water partition coefficient (Wildman–Crippen LogP) is 3.00. The van der Waals surface area contributed by atoms with Gasteiger partial charge in [0.1, 0.15) is 0 Å². The number of benzene rings is 1. The molecule has 0 spiro atoms. The summed E-state index contributed by atoms with van der Waals surface area (Å²) in [4.78, 5) is 26.5. The zero-order valence-corrected chi connectivity index (χ0v) is 11.6. The van der Waals surface area contributed by atoms with Crippen molar-refractivity contribution in [2.75, 3.05) is 5.32 Å². The van der Waals surface area contributed by atoms with Crippen molar-refractivity contribution >= 4 is 40.1 Å². The molecular formula is C14H13ClN2O3. The SMILES string of the molecule is Cc1cc(Cl)c(NC(=O)CCC(=O)O)c2cccnc12. The zero-order valence-electron chi connectivity index (χ0n) is 10.8. The second-order valence-corrected chi connectivity index (χ2v) is 4.80. The number of carbonyl (C=O) groups is 2. The number of halogens is 1. The van der Waals surface area contributed by atoms with Gasteiger partial charge in [-0.05, 0) is 30.7 Å². The molecule has 5 nitrogen and oxygen atoms in total. The van der Waals surface area contributed by atoms with E-state index in [1.807, 2.05) is 13.0 Å². The molecule has 1 aromatic heterocycles. The number of amides is 1. The third kappa shape index (κ3) is 3.05. The van der Waals surface area contributed by atoms with Crippen molar-refractivity contribution in [2.45, 2.75) is 19.8 Å². The Bertz CT molecular complexity index is 685. The number of fused-ring (bicyclic) bond motifs is 1. The summed E-state index contributed by atoms with van der Waals surface area (Å²) in [6, 6.07) is 5.29. The van der Waals surface area contributed by atoms with Crippen LogP contribution in [0.4, 0.5) is 5.69 Å². The lowest BCUT2D eigenvalue weighted by atomic mass is 10.1. The topological polar surface area (TPSA) is 79.3 Å². The number of carboxylic acids is 1. The number of hydrogen-bond donors (Lipinski definition) is 2. The summed E-state index contributed by atoms with van der Waals surface area (Å²) in [5.41, 5.74) is 2.13. The van der Waals surface area contributed by atoms with Gasteiger partial charge in [0.2, 0.25) is 5.91 Å². The van der Waals surface area contributed by atoms with Crippen LogP contribution < -0.4 is 5.32 Å². The predicted molar refractivity (Wildman–Crippen MR) is 77.0 cm³/mol.